The fourth-order valence-corrected chi connectivity index (χ4v) is 1.79. The molecule has 0 fully saturated rings. The number of nitrogens with zero attached hydrogens (tertiary/aromatic N) is 1. The highest BCUT2D eigenvalue weighted by Gasteiger charge is 2.28. The predicted octanol–water partition coefficient (Wildman–Crippen LogP) is 2.93. The van der Waals surface area contributed by atoms with E-state index in [1.165, 1.54) is 5.56 Å². The molecule has 0 bridgehead atoms. The number of hydroxylamine groups is 2. The lowest BCUT2D eigenvalue weighted by Gasteiger charge is -2.42. The first-order valence-corrected chi connectivity index (χ1v) is 4.83. The van der Waals surface area contributed by atoms with E-state index in [9.17, 15) is 5.21 Å². The molecule has 0 amide bonds. The number of aryl methyl sites for hydroxylation is 1. The zero-order valence-electron chi connectivity index (χ0n) is 8.53. The summed E-state index contributed by atoms with van der Waals surface area (Å²) in [6.45, 7) is 4.03. The first-order chi connectivity index (χ1) is 6.63. The van der Waals surface area contributed by atoms with Crippen LogP contribution in [0.1, 0.15) is 24.5 Å². The maximum Gasteiger partial charge on any atom is 0.0548 e. The number of rotatable bonds is 1. The molecule has 0 radical (unpaired) electrons. The lowest BCUT2D eigenvalue weighted by Crippen LogP contribution is -2.32. The van der Waals surface area contributed by atoms with Crippen LogP contribution in [-0.2, 0) is 5.54 Å². The standard InChI is InChI=1S/C12H14NO/c1-10-4-6-11(7-5-10)12(2)8-3-9-13(12)14/h3-7,9H,8H2,1-2H3/q-1. The zero-order valence-corrected chi connectivity index (χ0v) is 8.53. The van der Waals surface area contributed by atoms with Gasteiger partial charge in [0.25, 0.3) is 0 Å². The summed E-state index contributed by atoms with van der Waals surface area (Å²) in [6, 6.07) is 8.17. The average molecular weight is 188 g/mol. The van der Waals surface area contributed by atoms with Gasteiger partial charge in [0.15, 0.2) is 0 Å². The van der Waals surface area contributed by atoms with E-state index in [-0.39, 0.29) is 0 Å². The molecule has 0 N–H and O–H groups in total. The number of benzene rings is 1. The number of hydrogen-bond donors (Lipinski definition) is 0. The maximum atomic E-state index is 11.6. The van der Waals surface area contributed by atoms with Gasteiger partial charge in [-0.1, -0.05) is 35.9 Å². The maximum absolute atomic E-state index is 11.6. The van der Waals surface area contributed by atoms with Crippen LogP contribution < -0.4 is 0 Å². The van der Waals surface area contributed by atoms with Gasteiger partial charge in [0.2, 0.25) is 0 Å². The van der Waals surface area contributed by atoms with E-state index in [1.54, 1.807) is 6.20 Å². The van der Waals surface area contributed by atoms with Crippen LogP contribution in [0.2, 0.25) is 0 Å². The zero-order chi connectivity index (χ0) is 10.2. The van der Waals surface area contributed by atoms with Gasteiger partial charge in [-0.15, -0.1) is 0 Å². The molecule has 1 aromatic carbocycles. The molecule has 1 aromatic rings. The summed E-state index contributed by atoms with van der Waals surface area (Å²) in [6.07, 6.45) is 4.33. The van der Waals surface area contributed by atoms with Gasteiger partial charge in [-0.25, -0.2) is 0 Å². The van der Waals surface area contributed by atoms with Crippen molar-refractivity contribution < 1.29 is 0 Å². The molecule has 0 saturated heterocycles. The second-order valence-corrected chi connectivity index (χ2v) is 4.05. The van der Waals surface area contributed by atoms with Crippen LogP contribution in [0.3, 0.4) is 0 Å². The summed E-state index contributed by atoms with van der Waals surface area (Å²) in [5.41, 5.74) is 1.91. The Morgan fingerprint density at radius 1 is 1.29 bits per heavy atom. The molecule has 1 atom stereocenters. The van der Waals surface area contributed by atoms with E-state index in [2.05, 4.69) is 0 Å². The van der Waals surface area contributed by atoms with Crippen molar-refractivity contribution in [3.8, 4) is 0 Å². The lowest BCUT2D eigenvalue weighted by molar-refractivity contribution is 0.259. The first-order valence-electron chi connectivity index (χ1n) is 4.83. The fourth-order valence-electron chi connectivity index (χ4n) is 1.79. The third kappa shape index (κ3) is 1.32. The highest BCUT2D eigenvalue weighted by Crippen LogP contribution is 2.35. The molecule has 0 aromatic heterocycles. The van der Waals surface area contributed by atoms with E-state index in [0.717, 1.165) is 17.0 Å². The van der Waals surface area contributed by atoms with E-state index >= 15 is 0 Å². The summed E-state index contributed by atoms with van der Waals surface area (Å²) in [5, 5.41) is 12.7. The van der Waals surface area contributed by atoms with Crippen LogP contribution in [0.5, 0.6) is 0 Å². The summed E-state index contributed by atoms with van der Waals surface area (Å²) >= 11 is 0. The van der Waals surface area contributed by atoms with Crippen LogP contribution in [-0.4, -0.2) is 5.06 Å². The summed E-state index contributed by atoms with van der Waals surface area (Å²) in [7, 11) is 0. The van der Waals surface area contributed by atoms with Gasteiger partial charge in [-0.3, -0.25) is 0 Å². The van der Waals surface area contributed by atoms with Crippen molar-refractivity contribution >= 4 is 0 Å². The molecule has 1 aliphatic heterocycles. The molecule has 0 spiro atoms. The molecule has 1 heterocycles. The molecule has 2 rings (SSSR count). The van der Waals surface area contributed by atoms with E-state index in [4.69, 9.17) is 0 Å². The average Bonchev–Trinajstić information content (AvgIpc) is 2.49. The van der Waals surface area contributed by atoms with E-state index in [0.29, 0.717) is 0 Å². The third-order valence-electron chi connectivity index (χ3n) is 2.92. The SMILES string of the molecule is Cc1ccc(C2(C)CC=CN2[O-])cc1. The molecule has 0 saturated carbocycles. The summed E-state index contributed by atoms with van der Waals surface area (Å²) in [5.74, 6) is 0. The minimum Gasteiger partial charge on any atom is -0.758 e. The Morgan fingerprint density at radius 3 is 2.43 bits per heavy atom. The molecule has 14 heavy (non-hydrogen) atoms. The minimum absolute atomic E-state index is 0.395. The van der Waals surface area contributed by atoms with Crippen molar-refractivity contribution in [3.63, 3.8) is 0 Å². The Morgan fingerprint density at radius 2 is 1.93 bits per heavy atom. The van der Waals surface area contributed by atoms with Gasteiger partial charge < -0.3 is 10.3 Å². The number of hydrogen-bond acceptors (Lipinski definition) is 2. The fraction of sp³-hybridized carbons (Fsp3) is 0.333. The Labute approximate surface area is 84.4 Å². The Bertz CT molecular complexity index is 355. The van der Waals surface area contributed by atoms with Gasteiger partial charge in [-0.05, 0) is 32.0 Å². The van der Waals surface area contributed by atoms with Crippen molar-refractivity contribution in [2.45, 2.75) is 25.8 Å². The first kappa shape index (κ1) is 9.28. The van der Waals surface area contributed by atoms with Crippen LogP contribution in [0.25, 0.3) is 0 Å². The van der Waals surface area contributed by atoms with Crippen molar-refractivity contribution in [1.29, 1.82) is 0 Å². The quantitative estimate of drug-likeness (QED) is 0.677. The largest absolute Gasteiger partial charge is 0.758 e. The predicted molar refractivity (Wildman–Crippen MR) is 57.5 cm³/mol. The Kier molecular flexibility index (Phi) is 2.08. The van der Waals surface area contributed by atoms with Crippen molar-refractivity contribution in [2.24, 2.45) is 0 Å². The highest BCUT2D eigenvalue weighted by atomic mass is 16.5. The van der Waals surface area contributed by atoms with Gasteiger partial charge in [0, 0.05) is 0 Å². The second-order valence-electron chi connectivity index (χ2n) is 4.05. The van der Waals surface area contributed by atoms with Gasteiger partial charge in [0.05, 0.1) is 5.54 Å². The Balaban J connectivity index is 2.35. The molecule has 1 aliphatic rings. The second kappa shape index (κ2) is 3.14. The molecular weight excluding hydrogens is 174 g/mol. The summed E-state index contributed by atoms with van der Waals surface area (Å²) in [4.78, 5) is 0. The lowest BCUT2D eigenvalue weighted by atomic mass is 9.90. The molecule has 2 nitrogen and oxygen atoms in total. The monoisotopic (exact) mass is 188 g/mol. The van der Waals surface area contributed by atoms with E-state index < -0.39 is 5.54 Å². The Hall–Kier alpha value is -1.28. The van der Waals surface area contributed by atoms with E-state index in [1.807, 2.05) is 44.2 Å². The van der Waals surface area contributed by atoms with Gasteiger partial charge >= 0.3 is 0 Å². The molecule has 0 aliphatic carbocycles. The molecule has 1 unspecified atom stereocenters. The van der Waals surface area contributed by atoms with Crippen LogP contribution >= 0.6 is 0 Å². The van der Waals surface area contributed by atoms with Crippen molar-refractivity contribution in [1.82, 2.24) is 5.06 Å². The van der Waals surface area contributed by atoms with Crippen LogP contribution in [0, 0.1) is 12.1 Å². The minimum atomic E-state index is -0.395. The summed E-state index contributed by atoms with van der Waals surface area (Å²) < 4.78 is 0. The van der Waals surface area contributed by atoms with Crippen molar-refractivity contribution in [3.05, 3.63) is 52.9 Å². The molecule has 74 valence electrons. The van der Waals surface area contributed by atoms with Crippen molar-refractivity contribution in [2.75, 3.05) is 0 Å². The van der Waals surface area contributed by atoms with Crippen LogP contribution in [0.4, 0.5) is 0 Å². The topological polar surface area (TPSA) is 26.3 Å². The molecular formula is C12H14NO-. The van der Waals surface area contributed by atoms with Gasteiger partial charge in [0.1, 0.15) is 0 Å². The third-order valence-corrected chi connectivity index (χ3v) is 2.92. The van der Waals surface area contributed by atoms with Crippen LogP contribution in [0.15, 0.2) is 36.5 Å². The normalized spacial score (nSPS) is 25.8. The highest BCUT2D eigenvalue weighted by molar-refractivity contribution is 5.30. The van der Waals surface area contributed by atoms with Gasteiger partial charge in [-0.2, -0.15) is 0 Å². The smallest absolute Gasteiger partial charge is 0.0548 e. The molecule has 2 heteroatoms.